The summed E-state index contributed by atoms with van der Waals surface area (Å²) in [6.07, 6.45) is 0. The van der Waals surface area contributed by atoms with Gasteiger partial charge < -0.3 is 9.84 Å². The van der Waals surface area contributed by atoms with Gasteiger partial charge in [-0.2, -0.15) is 0 Å². The van der Waals surface area contributed by atoms with Crippen molar-refractivity contribution in [3.63, 3.8) is 0 Å². The summed E-state index contributed by atoms with van der Waals surface area (Å²) in [4.78, 5) is 26.9. The van der Waals surface area contributed by atoms with E-state index >= 15 is 0 Å². The molecule has 9 heteroatoms. The summed E-state index contributed by atoms with van der Waals surface area (Å²) >= 11 is 6.43. The molecule has 2 heterocycles. The molecule has 194 valence electrons. The number of phenolic OH excluding ortho intramolecular Hbond substituents is 1. The van der Waals surface area contributed by atoms with E-state index in [1.807, 2.05) is 62.4 Å². The number of aromatic amines is 4. The zero-order valence-corrected chi connectivity index (χ0v) is 21.9. The Morgan fingerprint density at radius 2 is 1.26 bits per heavy atom. The van der Waals surface area contributed by atoms with Crippen LogP contribution in [0.1, 0.15) is 40.7 Å². The molecule has 0 atom stereocenters. The quantitative estimate of drug-likeness (QED) is 0.187. The van der Waals surface area contributed by atoms with Gasteiger partial charge >= 0.3 is 0 Å². The normalized spacial score (nSPS) is 11.3. The lowest BCUT2D eigenvalue weighted by Crippen LogP contribution is -2.20. The summed E-state index contributed by atoms with van der Waals surface area (Å²) in [6, 6.07) is 18.6. The molecular formula is C29H27ClN4O4. The SMILES string of the molecule is CCOc1cc(C(c2c(-c3ccc(C)cc3)[nH][nH]c2=O)c2c(-c3ccc(C)cc3)[nH][nH]c2=O)cc(Cl)c1O. The highest BCUT2D eigenvalue weighted by Crippen LogP contribution is 2.43. The van der Waals surface area contributed by atoms with Gasteiger partial charge in [-0.1, -0.05) is 71.3 Å². The lowest BCUT2D eigenvalue weighted by atomic mass is 9.83. The summed E-state index contributed by atoms with van der Waals surface area (Å²) in [6.45, 7) is 6.04. The van der Waals surface area contributed by atoms with E-state index in [2.05, 4.69) is 20.4 Å². The number of aromatic nitrogens is 4. The van der Waals surface area contributed by atoms with Crippen LogP contribution in [0, 0.1) is 13.8 Å². The van der Waals surface area contributed by atoms with Crippen LogP contribution in [0.15, 0.2) is 70.3 Å². The Balaban J connectivity index is 1.83. The first kappa shape index (κ1) is 25.2. The maximum Gasteiger partial charge on any atom is 0.268 e. The molecule has 0 aliphatic carbocycles. The molecule has 8 nitrogen and oxygen atoms in total. The van der Waals surface area contributed by atoms with Gasteiger partial charge in [0.1, 0.15) is 0 Å². The summed E-state index contributed by atoms with van der Waals surface area (Å²) in [5, 5.41) is 22.0. The highest BCUT2D eigenvalue weighted by atomic mass is 35.5. The number of H-pyrrole nitrogens is 4. The number of nitrogens with one attached hydrogen (secondary N) is 4. The molecule has 0 bridgehead atoms. The predicted octanol–water partition coefficient (Wildman–Crippen LogP) is 5.61. The second-order valence-electron chi connectivity index (χ2n) is 9.18. The number of aromatic hydroxyl groups is 1. The van der Waals surface area contributed by atoms with E-state index in [1.165, 1.54) is 0 Å². The standard InChI is InChI=1S/C29H27ClN4O4/c1-4-38-21-14-19(13-20(30)27(21)35)22(23-25(31-33-28(23)36)17-9-5-15(2)6-10-17)24-26(32-34-29(24)37)18-11-7-16(3)8-12-18/h5-14,22,35H,4H2,1-3H3,(H2,31,33,36)(H2,32,34,37). The molecule has 3 aromatic carbocycles. The van der Waals surface area contributed by atoms with E-state index in [-0.39, 0.29) is 34.2 Å². The number of hydrogen-bond donors (Lipinski definition) is 5. The fourth-order valence-electron chi connectivity index (χ4n) is 4.69. The Labute approximate surface area is 223 Å². The van der Waals surface area contributed by atoms with Crippen LogP contribution < -0.4 is 15.9 Å². The molecule has 5 N–H and O–H groups in total. The monoisotopic (exact) mass is 530 g/mol. The third kappa shape index (κ3) is 4.54. The van der Waals surface area contributed by atoms with Gasteiger partial charge in [0.2, 0.25) is 0 Å². The van der Waals surface area contributed by atoms with Crippen LogP contribution >= 0.6 is 11.6 Å². The van der Waals surface area contributed by atoms with Gasteiger partial charge in [0, 0.05) is 5.92 Å². The third-order valence-electron chi connectivity index (χ3n) is 6.57. The first-order valence-electron chi connectivity index (χ1n) is 12.2. The first-order chi connectivity index (χ1) is 18.3. The van der Waals surface area contributed by atoms with E-state index in [1.54, 1.807) is 19.1 Å². The highest BCUT2D eigenvalue weighted by molar-refractivity contribution is 6.32. The number of ether oxygens (including phenoxy) is 1. The van der Waals surface area contributed by atoms with Crippen LogP contribution in [-0.2, 0) is 0 Å². The van der Waals surface area contributed by atoms with Crippen molar-refractivity contribution in [3.05, 3.63) is 114 Å². The highest BCUT2D eigenvalue weighted by Gasteiger charge is 2.32. The number of benzene rings is 3. The lowest BCUT2D eigenvalue weighted by molar-refractivity contribution is 0.318. The minimum Gasteiger partial charge on any atom is -0.503 e. The molecule has 5 aromatic rings. The second kappa shape index (κ2) is 10.1. The first-order valence-corrected chi connectivity index (χ1v) is 12.6. The topological polar surface area (TPSA) is 127 Å². The predicted molar refractivity (Wildman–Crippen MR) is 148 cm³/mol. The van der Waals surface area contributed by atoms with Gasteiger partial charge in [0.25, 0.3) is 11.1 Å². The minimum atomic E-state index is -0.870. The molecule has 0 aliphatic rings. The average molecular weight is 531 g/mol. The Hall–Kier alpha value is -4.43. The molecule has 0 saturated carbocycles. The van der Waals surface area contributed by atoms with Gasteiger partial charge in [0.15, 0.2) is 11.5 Å². The molecule has 5 rings (SSSR count). The molecule has 0 saturated heterocycles. The Morgan fingerprint density at radius 1 is 0.789 bits per heavy atom. The van der Waals surface area contributed by atoms with Crippen LogP contribution in [0.25, 0.3) is 22.5 Å². The molecule has 0 aliphatic heterocycles. The van der Waals surface area contributed by atoms with E-state index in [4.69, 9.17) is 16.3 Å². The van der Waals surface area contributed by atoms with Gasteiger partial charge in [0.05, 0.1) is 34.1 Å². The van der Waals surface area contributed by atoms with Gasteiger partial charge in [-0.25, -0.2) is 0 Å². The van der Waals surface area contributed by atoms with Crippen molar-refractivity contribution >= 4 is 11.6 Å². The van der Waals surface area contributed by atoms with E-state index < -0.39 is 5.92 Å². The van der Waals surface area contributed by atoms with Crippen molar-refractivity contribution in [1.82, 2.24) is 20.4 Å². The second-order valence-corrected chi connectivity index (χ2v) is 9.59. The van der Waals surface area contributed by atoms with Gasteiger partial charge in [-0.3, -0.25) is 30.0 Å². The van der Waals surface area contributed by atoms with E-state index in [0.717, 1.165) is 22.3 Å². The maximum absolute atomic E-state index is 13.4. The molecule has 0 spiro atoms. The van der Waals surface area contributed by atoms with Crippen LogP contribution in [0.5, 0.6) is 11.5 Å². The molecular weight excluding hydrogens is 504 g/mol. The number of phenols is 1. The average Bonchev–Trinajstić information content (AvgIpc) is 3.47. The molecule has 0 amide bonds. The number of halogens is 1. The zero-order chi connectivity index (χ0) is 27.0. The van der Waals surface area contributed by atoms with Crippen LogP contribution in [0.2, 0.25) is 5.02 Å². The number of hydrogen-bond acceptors (Lipinski definition) is 4. The van der Waals surface area contributed by atoms with Gasteiger partial charge in [-0.05, 0) is 49.6 Å². The fourth-order valence-corrected chi connectivity index (χ4v) is 4.90. The van der Waals surface area contributed by atoms with Crippen molar-refractivity contribution in [2.24, 2.45) is 0 Å². The van der Waals surface area contributed by atoms with Crippen molar-refractivity contribution in [1.29, 1.82) is 0 Å². The third-order valence-corrected chi connectivity index (χ3v) is 6.86. The number of aryl methyl sites for hydroxylation is 2. The van der Waals surface area contributed by atoms with Crippen LogP contribution in [-0.4, -0.2) is 32.1 Å². The van der Waals surface area contributed by atoms with Gasteiger partial charge in [-0.15, -0.1) is 0 Å². The Morgan fingerprint density at radius 3 is 1.71 bits per heavy atom. The van der Waals surface area contributed by atoms with Crippen molar-refractivity contribution in [2.75, 3.05) is 6.61 Å². The maximum atomic E-state index is 13.4. The molecule has 0 unspecified atom stereocenters. The van der Waals surface area contributed by atoms with Crippen molar-refractivity contribution < 1.29 is 9.84 Å². The molecule has 2 aromatic heterocycles. The molecule has 38 heavy (non-hydrogen) atoms. The molecule has 0 fully saturated rings. The van der Waals surface area contributed by atoms with E-state index in [0.29, 0.717) is 28.1 Å². The van der Waals surface area contributed by atoms with Crippen molar-refractivity contribution in [3.8, 4) is 34.0 Å². The van der Waals surface area contributed by atoms with E-state index in [9.17, 15) is 14.7 Å². The van der Waals surface area contributed by atoms with Crippen molar-refractivity contribution in [2.45, 2.75) is 26.7 Å². The lowest BCUT2D eigenvalue weighted by Gasteiger charge is -2.20. The Kier molecular flexibility index (Phi) is 6.73. The summed E-state index contributed by atoms with van der Waals surface area (Å²) in [7, 11) is 0. The molecule has 0 radical (unpaired) electrons. The smallest absolute Gasteiger partial charge is 0.268 e. The Bertz CT molecular complexity index is 1610. The van der Waals surface area contributed by atoms with Crippen LogP contribution in [0.4, 0.5) is 0 Å². The fraction of sp³-hybridized carbons (Fsp3) is 0.172. The minimum absolute atomic E-state index is 0.0450. The summed E-state index contributed by atoms with van der Waals surface area (Å²) in [5.41, 5.74) is 5.16. The summed E-state index contributed by atoms with van der Waals surface area (Å²) < 4.78 is 5.64. The van der Waals surface area contributed by atoms with Crippen LogP contribution in [0.3, 0.4) is 0 Å². The number of rotatable bonds is 7. The largest absolute Gasteiger partial charge is 0.503 e. The zero-order valence-electron chi connectivity index (χ0n) is 21.1. The summed E-state index contributed by atoms with van der Waals surface area (Å²) in [5.74, 6) is -0.919.